The Morgan fingerprint density at radius 1 is 1.27 bits per heavy atom. The van der Waals surface area contributed by atoms with Gasteiger partial charge >= 0.3 is 5.97 Å². The molecule has 86 valence electrons. The number of nitrogens with zero attached hydrogens (tertiary/aromatic N) is 1. The summed E-state index contributed by atoms with van der Waals surface area (Å²) in [6.07, 6.45) is 3.61. The van der Waals surface area contributed by atoms with Crippen molar-refractivity contribution in [3.05, 3.63) is 0 Å². The van der Waals surface area contributed by atoms with Crippen LogP contribution in [-0.2, 0) is 9.53 Å². The van der Waals surface area contributed by atoms with E-state index in [0.717, 1.165) is 13.1 Å². The lowest BCUT2D eigenvalue weighted by Crippen LogP contribution is -2.46. The largest absolute Gasteiger partial charge is 0.459 e. The van der Waals surface area contributed by atoms with Crippen LogP contribution >= 0.6 is 0 Å². The zero-order valence-electron chi connectivity index (χ0n) is 9.95. The maximum Gasteiger partial charge on any atom is 0.324 e. The minimum absolute atomic E-state index is 0.00954. The van der Waals surface area contributed by atoms with Gasteiger partial charge in [-0.1, -0.05) is 0 Å². The Labute approximate surface area is 91.8 Å². The van der Waals surface area contributed by atoms with Crippen LogP contribution in [0.2, 0.25) is 0 Å². The SMILES string of the molecule is CC(C)(C)OC(=O)C1C2CCCN1CC2. The third kappa shape index (κ3) is 2.33. The van der Waals surface area contributed by atoms with E-state index in [4.69, 9.17) is 4.74 Å². The number of hydrogen-bond acceptors (Lipinski definition) is 3. The van der Waals surface area contributed by atoms with E-state index >= 15 is 0 Å². The van der Waals surface area contributed by atoms with E-state index in [-0.39, 0.29) is 17.6 Å². The second-order valence-corrected chi connectivity index (χ2v) is 5.71. The van der Waals surface area contributed by atoms with Crippen molar-refractivity contribution in [1.29, 1.82) is 0 Å². The third-order valence-electron chi connectivity index (χ3n) is 3.30. The van der Waals surface area contributed by atoms with Crippen molar-refractivity contribution in [2.24, 2.45) is 5.92 Å². The highest BCUT2D eigenvalue weighted by molar-refractivity contribution is 5.77. The van der Waals surface area contributed by atoms with Crippen molar-refractivity contribution in [3.63, 3.8) is 0 Å². The van der Waals surface area contributed by atoms with Crippen LogP contribution in [0.15, 0.2) is 0 Å². The molecule has 0 aromatic rings. The lowest BCUT2D eigenvalue weighted by molar-refractivity contribution is -0.162. The molecule has 2 rings (SSSR count). The predicted octanol–water partition coefficient (Wildman–Crippen LogP) is 1.81. The van der Waals surface area contributed by atoms with Gasteiger partial charge in [0.2, 0.25) is 0 Å². The number of carbonyl (C=O) groups excluding carboxylic acids is 1. The Morgan fingerprint density at radius 2 is 2.00 bits per heavy atom. The molecule has 0 radical (unpaired) electrons. The number of fused-ring (bicyclic) bond motifs is 2. The smallest absolute Gasteiger partial charge is 0.324 e. The first-order valence-corrected chi connectivity index (χ1v) is 5.94. The maximum atomic E-state index is 12.0. The van der Waals surface area contributed by atoms with Gasteiger partial charge in [-0.2, -0.15) is 0 Å². The van der Waals surface area contributed by atoms with E-state index in [2.05, 4.69) is 4.90 Å². The molecule has 2 saturated heterocycles. The van der Waals surface area contributed by atoms with Crippen molar-refractivity contribution in [1.82, 2.24) is 4.90 Å². The molecular weight excluding hydrogens is 190 g/mol. The number of rotatable bonds is 1. The zero-order chi connectivity index (χ0) is 11.1. The van der Waals surface area contributed by atoms with Gasteiger partial charge in [-0.15, -0.1) is 0 Å². The summed E-state index contributed by atoms with van der Waals surface area (Å²) in [5.41, 5.74) is -0.352. The lowest BCUT2D eigenvalue weighted by atomic mass is 9.92. The molecule has 3 unspecified atom stereocenters. The second kappa shape index (κ2) is 3.78. The molecule has 3 atom stereocenters. The van der Waals surface area contributed by atoms with Crippen LogP contribution in [-0.4, -0.2) is 35.6 Å². The average Bonchev–Trinajstić information content (AvgIpc) is 2.34. The minimum Gasteiger partial charge on any atom is -0.459 e. The Bertz CT molecular complexity index is 241. The van der Waals surface area contributed by atoms with Crippen molar-refractivity contribution >= 4 is 5.97 Å². The Kier molecular flexibility index (Phi) is 2.75. The molecule has 0 aromatic carbocycles. The van der Waals surface area contributed by atoms with Crippen LogP contribution in [0.3, 0.4) is 0 Å². The summed E-state index contributed by atoms with van der Waals surface area (Å²) in [4.78, 5) is 14.3. The van der Waals surface area contributed by atoms with E-state index in [1.807, 2.05) is 20.8 Å². The van der Waals surface area contributed by atoms with Crippen LogP contribution in [0, 0.1) is 5.92 Å². The van der Waals surface area contributed by atoms with Crippen LogP contribution < -0.4 is 0 Å². The summed E-state index contributed by atoms with van der Waals surface area (Å²) in [5, 5.41) is 0. The standard InChI is InChI=1S/C12H21NO2/c1-12(2,3)15-11(14)10-9-5-4-7-13(10)8-6-9/h9-10H,4-8H2,1-3H3. The van der Waals surface area contributed by atoms with Crippen LogP contribution in [0.25, 0.3) is 0 Å². The fourth-order valence-corrected chi connectivity index (χ4v) is 2.74. The quantitative estimate of drug-likeness (QED) is 0.620. The molecule has 2 bridgehead atoms. The molecule has 3 nitrogen and oxygen atoms in total. The highest BCUT2D eigenvalue weighted by Crippen LogP contribution is 2.34. The summed E-state index contributed by atoms with van der Waals surface area (Å²) >= 11 is 0. The van der Waals surface area contributed by atoms with Gasteiger partial charge in [0.05, 0.1) is 0 Å². The average molecular weight is 211 g/mol. The normalized spacial score (nSPS) is 35.3. The van der Waals surface area contributed by atoms with Gasteiger partial charge in [0.25, 0.3) is 0 Å². The molecule has 15 heavy (non-hydrogen) atoms. The number of esters is 1. The number of ether oxygens (including phenoxy) is 1. The van der Waals surface area contributed by atoms with Crippen LogP contribution in [0.4, 0.5) is 0 Å². The Balaban J connectivity index is 2.01. The van der Waals surface area contributed by atoms with Gasteiger partial charge in [0.15, 0.2) is 0 Å². The molecule has 0 amide bonds. The highest BCUT2D eigenvalue weighted by Gasteiger charge is 2.43. The molecule has 2 aliphatic heterocycles. The van der Waals surface area contributed by atoms with Gasteiger partial charge in [0.1, 0.15) is 11.6 Å². The van der Waals surface area contributed by atoms with E-state index in [0.29, 0.717) is 5.92 Å². The van der Waals surface area contributed by atoms with Crippen molar-refractivity contribution in [3.8, 4) is 0 Å². The zero-order valence-corrected chi connectivity index (χ0v) is 9.95. The monoisotopic (exact) mass is 211 g/mol. The molecule has 2 fully saturated rings. The summed E-state index contributed by atoms with van der Waals surface area (Å²) in [7, 11) is 0. The van der Waals surface area contributed by atoms with E-state index < -0.39 is 0 Å². The molecule has 0 aliphatic carbocycles. The summed E-state index contributed by atoms with van der Waals surface area (Å²) in [6, 6.07) is 0.0537. The third-order valence-corrected chi connectivity index (χ3v) is 3.30. The van der Waals surface area contributed by atoms with Gasteiger partial charge in [-0.3, -0.25) is 9.69 Å². The Hall–Kier alpha value is -0.570. The number of hydrogen-bond donors (Lipinski definition) is 0. The summed E-state index contributed by atoms with van der Waals surface area (Å²) in [6.45, 7) is 7.95. The van der Waals surface area contributed by atoms with Gasteiger partial charge < -0.3 is 4.74 Å². The molecule has 0 saturated carbocycles. The van der Waals surface area contributed by atoms with Crippen LogP contribution in [0.5, 0.6) is 0 Å². The van der Waals surface area contributed by atoms with Crippen molar-refractivity contribution < 1.29 is 9.53 Å². The van der Waals surface area contributed by atoms with Gasteiger partial charge in [0, 0.05) is 0 Å². The van der Waals surface area contributed by atoms with Crippen molar-refractivity contribution in [2.45, 2.75) is 51.7 Å². The molecular formula is C12H21NO2. The fraction of sp³-hybridized carbons (Fsp3) is 0.917. The van der Waals surface area contributed by atoms with E-state index in [1.165, 1.54) is 19.3 Å². The van der Waals surface area contributed by atoms with E-state index in [9.17, 15) is 4.79 Å². The molecule has 2 aliphatic rings. The van der Waals surface area contributed by atoms with Gasteiger partial charge in [-0.05, 0) is 59.0 Å². The maximum absolute atomic E-state index is 12.0. The molecule has 2 heterocycles. The first kappa shape index (κ1) is 10.9. The molecule has 0 aromatic heterocycles. The van der Waals surface area contributed by atoms with Gasteiger partial charge in [-0.25, -0.2) is 0 Å². The first-order valence-electron chi connectivity index (χ1n) is 5.94. The highest BCUT2D eigenvalue weighted by atomic mass is 16.6. The first-order chi connectivity index (χ1) is 6.97. The fourth-order valence-electron chi connectivity index (χ4n) is 2.74. The topological polar surface area (TPSA) is 29.5 Å². The Morgan fingerprint density at radius 3 is 2.60 bits per heavy atom. The summed E-state index contributed by atoms with van der Waals surface area (Å²) < 4.78 is 5.48. The lowest BCUT2D eigenvalue weighted by Gasteiger charge is -2.33. The van der Waals surface area contributed by atoms with Crippen LogP contribution in [0.1, 0.15) is 40.0 Å². The van der Waals surface area contributed by atoms with E-state index in [1.54, 1.807) is 0 Å². The predicted molar refractivity (Wildman–Crippen MR) is 58.5 cm³/mol. The minimum atomic E-state index is -0.352. The summed E-state index contributed by atoms with van der Waals surface area (Å²) in [5.74, 6) is 0.540. The van der Waals surface area contributed by atoms with Crippen molar-refractivity contribution in [2.75, 3.05) is 13.1 Å². The molecule has 3 heteroatoms. The second-order valence-electron chi connectivity index (χ2n) is 5.71. The molecule has 0 spiro atoms. The number of piperidine rings is 1. The molecule has 0 N–H and O–H groups in total. The number of carbonyl (C=O) groups is 1.